The molecule has 0 radical (unpaired) electrons. The predicted octanol–water partition coefficient (Wildman–Crippen LogP) is 2.57. The minimum absolute atomic E-state index is 0.139. The van der Waals surface area contributed by atoms with Crippen LogP contribution in [0.5, 0.6) is 0 Å². The fourth-order valence-electron chi connectivity index (χ4n) is 4.45. The molecule has 0 N–H and O–H groups in total. The monoisotopic (exact) mass is 406 g/mol. The molecular weight excluding hydrogens is 376 g/mol. The van der Waals surface area contributed by atoms with E-state index >= 15 is 0 Å². The Balaban J connectivity index is 1.46. The average molecular weight is 407 g/mol. The number of sulfonamides is 1. The number of aryl methyl sites for hydroxylation is 1. The molecule has 0 atom stereocenters. The van der Waals surface area contributed by atoms with E-state index in [1.54, 1.807) is 22.5 Å². The van der Waals surface area contributed by atoms with E-state index in [-0.39, 0.29) is 23.9 Å². The molecule has 3 fully saturated rings. The van der Waals surface area contributed by atoms with Gasteiger partial charge in [-0.2, -0.15) is 4.31 Å². The molecule has 0 aromatic heterocycles. The molecule has 0 bridgehead atoms. The number of piperidine rings is 1. The zero-order valence-electron chi connectivity index (χ0n) is 16.5. The largest absolute Gasteiger partial charge is 0.381 e. The van der Waals surface area contributed by atoms with Crippen LogP contribution in [0.3, 0.4) is 0 Å². The highest BCUT2D eigenvalue weighted by Crippen LogP contribution is 2.35. The van der Waals surface area contributed by atoms with Crippen molar-refractivity contribution in [2.45, 2.75) is 62.4 Å². The predicted molar refractivity (Wildman–Crippen MR) is 106 cm³/mol. The van der Waals surface area contributed by atoms with Gasteiger partial charge >= 0.3 is 0 Å². The van der Waals surface area contributed by atoms with Crippen molar-refractivity contribution in [2.75, 3.05) is 26.3 Å². The molecule has 1 aliphatic carbocycles. The van der Waals surface area contributed by atoms with Crippen LogP contribution in [0.15, 0.2) is 29.2 Å². The van der Waals surface area contributed by atoms with Crippen molar-refractivity contribution >= 4 is 15.9 Å². The standard InChI is InChI=1S/C21H30N2O4S/c1-16-3-2-4-20(15-16)28(25,26)22-11-7-18(8-12-22)23(21(24)17-5-6-17)19-9-13-27-14-10-19/h2-4,15,17-19H,5-14H2,1H3. The number of benzene rings is 1. The summed E-state index contributed by atoms with van der Waals surface area (Å²) in [5.41, 5.74) is 0.941. The van der Waals surface area contributed by atoms with E-state index in [1.807, 2.05) is 13.0 Å². The van der Waals surface area contributed by atoms with Gasteiger partial charge in [-0.3, -0.25) is 4.79 Å². The van der Waals surface area contributed by atoms with E-state index < -0.39 is 10.0 Å². The molecule has 2 heterocycles. The van der Waals surface area contributed by atoms with E-state index in [9.17, 15) is 13.2 Å². The van der Waals surface area contributed by atoms with E-state index in [2.05, 4.69) is 4.90 Å². The van der Waals surface area contributed by atoms with Crippen molar-refractivity contribution in [2.24, 2.45) is 5.92 Å². The smallest absolute Gasteiger partial charge is 0.243 e. The second-order valence-corrected chi connectivity index (χ2v) is 10.3. The van der Waals surface area contributed by atoms with Gasteiger partial charge in [0.05, 0.1) is 4.90 Å². The third-order valence-corrected chi connectivity index (χ3v) is 8.10. The van der Waals surface area contributed by atoms with Crippen LogP contribution in [0.4, 0.5) is 0 Å². The fourth-order valence-corrected chi connectivity index (χ4v) is 6.02. The molecule has 2 aliphatic heterocycles. The second-order valence-electron chi connectivity index (χ2n) is 8.32. The summed E-state index contributed by atoms with van der Waals surface area (Å²) in [6.45, 7) is 4.26. The Labute approximate surface area is 167 Å². The summed E-state index contributed by atoms with van der Waals surface area (Å²) in [4.78, 5) is 15.5. The Morgan fingerprint density at radius 3 is 2.29 bits per heavy atom. The third kappa shape index (κ3) is 4.11. The summed E-state index contributed by atoms with van der Waals surface area (Å²) in [5, 5.41) is 0. The lowest BCUT2D eigenvalue weighted by Gasteiger charge is -2.43. The minimum atomic E-state index is -3.47. The Kier molecular flexibility index (Phi) is 5.76. The summed E-state index contributed by atoms with van der Waals surface area (Å²) in [7, 11) is -3.47. The molecular formula is C21H30N2O4S. The lowest BCUT2D eigenvalue weighted by atomic mass is 9.98. The van der Waals surface area contributed by atoms with Crippen molar-refractivity contribution in [1.29, 1.82) is 0 Å². The summed E-state index contributed by atoms with van der Waals surface area (Å²) in [6.07, 6.45) is 5.19. The maximum atomic E-state index is 13.0. The zero-order chi connectivity index (χ0) is 19.7. The quantitative estimate of drug-likeness (QED) is 0.754. The van der Waals surface area contributed by atoms with Gasteiger partial charge in [0.2, 0.25) is 15.9 Å². The molecule has 4 rings (SSSR count). The maximum absolute atomic E-state index is 13.0. The first-order chi connectivity index (χ1) is 13.5. The molecule has 1 aromatic rings. The average Bonchev–Trinajstić information content (AvgIpc) is 3.55. The Bertz CT molecular complexity index is 807. The van der Waals surface area contributed by atoms with Gasteiger partial charge in [-0.05, 0) is 63.1 Å². The van der Waals surface area contributed by atoms with Gasteiger partial charge in [-0.1, -0.05) is 12.1 Å². The molecule has 6 nitrogen and oxygen atoms in total. The highest BCUT2D eigenvalue weighted by Gasteiger charge is 2.41. The Morgan fingerprint density at radius 2 is 1.68 bits per heavy atom. The minimum Gasteiger partial charge on any atom is -0.381 e. The van der Waals surface area contributed by atoms with Crippen LogP contribution in [0.25, 0.3) is 0 Å². The van der Waals surface area contributed by atoms with Crippen LogP contribution >= 0.6 is 0 Å². The fraction of sp³-hybridized carbons (Fsp3) is 0.667. The molecule has 0 unspecified atom stereocenters. The first kappa shape index (κ1) is 19.9. The van der Waals surface area contributed by atoms with Crippen molar-refractivity contribution < 1.29 is 17.9 Å². The highest BCUT2D eigenvalue weighted by atomic mass is 32.2. The van der Waals surface area contributed by atoms with Gasteiger partial charge in [-0.15, -0.1) is 0 Å². The highest BCUT2D eigenvalue weighted by molar-refractivity contribution is 7.89. The molecule has 1 aromatic carbocycles. The summed E-state index contributed by atoms with van der Waals surface area (Å²) in [5.74, 6) is 0.476. The van der Waals surface area contributed by atoms with E-state index in [0.717, 1.165) is 31.2 Å². The number of hydrogen-bond acceptors (Lipinski definition) is 4. The second kappa shape index (κ2) is 8.13. The first-order valence-corrected chi connectivity index (χ1v) is 11.9. The number of ether oxygens (including phenoxy) is 1. The van der Waals surface area contributed by atoms with Crippen LogP contribution in [0, 0.1) is 12.8 Å². The summed E-state index contributed by atoms with van der Waals surface area (Å²) < 4.78 is 33.1. The maximum Gasteiger partial charge on any atom is 0.243 e. The van der Waals surface area contributed by atoms with Crippen molar-refractivity contribution in [3.63, 3.8) is 0 Å². The third-order valence-electron chi connectivity index (χ3n) is 6.21. The molecule has 1 amide bonds. The van der Waals surface area contributed by atoms with Gasteiger partial charge in [0.25, 0.3) is 0 Å². The van der Waals surface area contributed by atoms with Gasteiger partial charge in [0.1, 0.15) is 0 Å². The van der Waals surface area contributed by atoms with E-state index in [1.165, 1.54) is 0 Å². The van der Waals surface area contributed by atoms with Crippen LogP contribution in [0.2, 0.25) is 0 Å². The van der Waals surface area contributed by atoms with Crippen molar-refractivity contribution in [3.05, 3.63) is 29.8 Å². The molecule has 154 valence electrons. The Hall–Kier alpha value is -1.44. The number of hydrogen-bond donors (Lipinski definition) is 0. The van der Waals surface area contributed by atoms with E-state index in [0.29, 0.717) is 44.0 Å². The van der Waals surface area contributed by atoms with Crippen LogP contribution < -0.4 is 0 Å². The van der Waals surface area contributed by atoms with E-state index in [4.69, 9.17) is 4.74 Å². The van der Waals surface area contributed by atoms with Crippen molar-refractivity contribution in [1.82, 2.24) is 9.21 Å². The topological polar surface area (TPSA) is 66.9 Å². The molecule has 28 heavy (non-hydrogen) atoms. The molecule has 7 heteroatoms. The number of amides is 1. The lowest BCUT2D eigenvalue weighted by molar-refractivity contribution is -0.141. The number of nitrogens with zero attached hydrogens (tertiary/aromatic N) is 2. The lowest BCUT2D eigenvalue weighted by Crippen LogP contribution is -2.54. The summed E-state index contributed by atoms with van der Waals surface area (Å²) >= 11 is 0. The number of carbonyl (C=O) groups is 1. The molecule has 3 aliphatic rings. The van der Waals surface area contributed by atoms with Gasteiger partial charge in [0.15, 0.2) is 0 Å². The normalized spacial score (nSPS) is 22.9. The first-order valence-electron chi connectivity index (χ1n) is 10.4. The van der Waals surface area contributed by atoms with Crippen LogP contribution in [-0.4, -0.2) is 61.9 Å². The van der Waals surface area contributed by atoms with Gasteiger partial charge in [0, 0.05) is 44.3 Å². The number of rotatable bonds is 5. The van der Waals surface area contributed by atoms with Crippen LogP contribution in [0.1, 0.15) is 44.1 Å². The van der Waals surface area contributed by atoms with Gasteiger partial charge < -0.3 is 9.64 Å². The van der Waals surface area contributed by atoms with Crippen molar-refractivity contribution in [3.8, 4) is 0 Å². The van der Waals surface area contributed by atoms with Crippen LogP contribution in [-0.2, 0) is 19.6 Å². The zero-order valence-corrected chi connectivity index (χ0v) is 17.4. The van der Waals surface area contributed by atoms with Gasteiger partial charge in [-0.25, -0.2) is 8.42 Å². The molecule has 1 saturated carbocycles. The molecule has 2 saturated heterocycles. The Morgan fingerprint density at radius 1 is 1.04 bits per heavy atom. The number of carbonyl (C=O) groups excluding carboxylic acids is 1. The SMILES string of the molecule is Cc1cccc(S(=O)(=O)N2CCC(N(C(=O)C3CC3)C3CCOCC3)CC2)c1. The molecule has 0 spiro atoms. The summed E-state index contributed by atoms with van der Waals surface area (Å²) in [6, 6.07) is 7.47.